The zero-order valence-electron chi connectivity index (χ0n) is 12.0. The van der Waals surface area contributed by atoms with E-state index >= 15 is 0 Å². The second-order valence-electron chi connectivity index (χ2n) is 5.75. The second kappa shape index (κ2) is 5.73. The number of hydrogen-bond donors (Lipinski definition) is 1. The summed E-state index contributed by atoms with van der Waals surface area (Å²) in [7, 11) is 1.68. The summed E-state index contributed by atoms with van der Waals surface area (Å²) in [6.45, 7) is 1.77. The van der Waals surface area contributed by atoms with Crippen LogP contribution in [0.25, 0.3) is 0 Å². The SMILES string of the molecule is COc1cccc(NC2CCN(C(=O)C3CC3)CC2)c1. The lowest BCUT2D eigenvalue weighted by atomic mass is 10.0. The predicted molar refractivity (Wildman–Crippen MR) is 78.9 cm³/mol. The van der Waals surface area contributed by atoms with Gasteiger partial charge in [0.25, 0.3) is 0 Å². The first-order chi connectivity index (χ1) is 9.76. The number of amides is 1. The molecule has 2 fully saturated rings. The standard InChI is InChI=1S/C16H22N2O2/c1-20-15-4-2-3-14(11-15)17-13-7-9-18(10-8-13)16(19)12-5-6-12/h2-4,11-13,17H,5-10H2,1H3. The Morgan fingerprint density at radius 2 is 2.00 bits per heavy atom. The molecular formula is C16H22N2O2. The molecule has 0 atom stereocenters. The highest BCUT2D eigenvalue weighted by Gasteiger charge is 2.34. The van der Waals surface area contributed by atoms with Crippen LogP contribution in [0.1, 0.15) is 25.7 Å². The molecule has 1 N–H and O–H groups in total. The van der Waals surface area contributed by atoms with Crippen molar-refractivity contribution in [1.29, 1.82) is 0 Å². The Morgan fingerprint density at radius 3 is 2.65 bits per heavy atom. The average Bonchev–Trinajstić information content (AvgIpc) is 3.32. The van der Waals surface area contributed by atoms with Crippen molar-refractivity contribution in [1.82, 2.24) is 4.90 Å². The van der Waals surface area contributed by atoms with E-state index in [1.807, 2.05) is 23.1 Å². The summed E-state index contributed by atoms with van der Waals surface area (Å²) in [5, 5.41) is 3.54. The van der Waals surface area contributed by atoms with Gasteiger partial charge in [0.2, 0.25) is 5.91 Å². The van der Waals surface area contributed by atoms with Crippen molar-refractivity contribution < 1.29 is 9.53 Å². The highest BCUT2D eigenvalue weighted by atomic mass is 16.5. The van der Waals surface area contributed by atoms with Gasteiger partial charge in [0, 0.05) is 36.8 Å². The molecule has 0 unspecified atom stereocenters. The van der Waals surface area contributed by atoms with E-state index in [-0.39, 0.29) is 0 Å². The van der Waals surface area contributed by atoms with Crippen molar-refractivity contribution in [2.75, 3.05) is 25.5 Å². The van der Waals surface area contributed by atoms with Crippen molar-refractivity contribution in [3.05, 3.63) is 24.3 Å². The largest absolute Gasteiger partial charge is 0.497 e. The van der Waals surface area contributed by atoms with Gasteiger partial charge in [-0.1, -0.05) is 6.07 Å². The fraction of sp³-hybridized carbons (Fsp3) is 0.562. The fourth-order valence-electron chi connectivity index (χ4n) is 2.78. The van der Waals surface area contributed by atoms with Crippen LogP contribution in [-0.4, -0.2) is 37.0 Å². The Balaban J connectivity index is 1.51. The highest BCUT2D eigenvalue weighted by Crippen LogP contribution is 2.32. The lowest BCUT2D eigenvalue weighted by molar-refractivity contribution is -0.133. The van der Waals surface area contributed by atoms with Crippen molar-refractivity contribution in [2.45, 2.75) is 31.7 Å². The predicted octanol–water partition coefficient (Wildman–Crippen LogP) is 2.51. The number of hydrogen-bond acceptors (Lipinski definition) is 3. The Morgan fingerprint density at radius 1 is 1.25 bits per heavy atom. The fourth-order valence-corrected chi connectivity index (χ4v) is 2.78. The molecule has 0 spiro atoms. The maximum absolute atomic E-state index is 12.0. The van der Waals surface area contributed by atoms with Crippen molar-refractivity contribution in [2.24, 2.45) is 5.92 Å². The van der Waals surface area contributed by atoms with Crippen molar-refractivity contribution >= 4 is 11.6 Å². The van der Waals surface area contributed by atoms with Gasteiger partial charge < -0.3 is 15.0 Å². The molecule has 1 aromatic carbocycles. The molecule has 1 aliphatic carbocycles. The Labute approximate surface area is 120 Å². The second-order valence-corrected chi connectivity index (χ2v) is 5.75. The zero-order valence-corrected chi connectivity index (χ0v) is 12.0. The van der Waals surface area contributed by atoms with E-state index in [1.54, 1.807) is 7.11 Å². The average molecular weight is 274 g/mol. The molecule has 1 amide bonds. The first kappa shape index (κ1) is 13.3. The van der Waals surface area contributed by atoms with Gasteiger partial charge in [0.05, 0.1) is 7.11 Å². The lowest BCUT2D eigenvalue weighted by Gasteiger charge is -2.33. The topological polar surface area (TPSA) is 41.6 Å². The van der Waals surface area contributed by atoms with Gasteiger partial charge >= 0.3 is 0 Å². The van der Waals surface area contributed by atoms with Gasteiger partial charge in [0.1, 0.15) is 5.75 Å². The molecule has 0 bridgehead atoms. The molecular weight excluding hydrogens is 252 g/mol. The van der Waals surface area contributed by atoms with Gasteiger partial charge in [-0.05, 0) is 37.8 Å². The normalized spacial score (nSPS) is 19.8. The number of anilines is 1. The van der Waals surface area contributed by atoms with Crippen LogP contribution < -0.4 is 10.1 Å². The van der Waals surface area contributed by atoms with Gasteiger partial charge in [-0.25, -0.2) is 0 Å². The van der Waals surface area contributed by atoms with Gasteiger partial charge in [-0.15, -0.1) is 0 Å². The number of rotatable bonds is 4. The van der Waals surface area contributed by atoms with Crippen LogP contribution in [0.5, 0.6) is 5.75 Å². The molecule has 1 heterocycles. The number of methoxy groups -OCH3 is 1. The minimum atomic E-state index is 0.345. The maximum Gasteiger partial charge on any atom is 0.225 e. The number of ether oxygens (including phenoxy) is 1. The molecule has 1 saturated carbocycles. The Hall–Kier alpha value is -1.71. The van der Waals surface area contributed by atoms with Crippen LogP contribution in [0.15, 0.2) is 24.3 Å². The van der Waals surface area contributed by atoms with Gasteiger partial charge in [0.15, 0.2) is 0 Å². The van der Waals surface area contributed by atoms with E-state index in [4.69, 9.17) is 4.74 Å². The van der Waals surface area contributed by atoms with Crippen LogP contribution in [0.4, 0.5) is 5.69 Å². The van der Waals surface area contributed by atoms with E-state index in [0.717, 1.165) is 50.2 Å². The molecule has 2 aliphatic rings. The molecule has 3 rings (SSSR count). The number of piperidine rings is 1. The summed E-state index contributed by atoms with van der Waals surface area (Å²) in [5.74, 6) is 1.60. The third-order valence-corrected chi connectivity index (χ3v) is 4.17. The van der Waals surface area contributed by atoms with Crippen molar-refractivity contribution in [3.63, 3.8) is 0 Å². The summed E-state index contributed by atoms with van der Waals surface area (Å²) in [6, 6.07) is 8.46. The van der Waals surface area contributed by atoms with Crippen LogP contribution in [0, 0.1) is 5.92 Å². The molecule has 4 nitrogen and oxygen atoms in total. The summed E-state index contributed by atoms with van der Waals surface area (Å²) >= 11 is 0. The van der Waals surface area contributed by atoms with Crippen molar-refractivity contribution in [3.8, 4) is 5.75 Å². The molecule has 4 heteroatoms. The van der Waals surface area contributed by atoms with E-state index in [0.29, 0.717) is 17.9 Å². The first-order valence-electron chi connectivity index (χ1n) is 7.45. The quantitative estimate of drug-likeness (QED) is 0.917. The van der Waals surface area contributed by atoms with Crippen LogP contribution >= 0.6 is 0 Å². The van der Waals surface area contributed by atoms with Gasteiger partial charge in [-0.2, -0.15) is 0 Å². The number of nitrogens with zero attached hydrogens (tertiary/aromatic N) is 1. The number of carbonyl (C=O) groups excluding carboxylic acids is 1. The molecule has 1 aromatic rings. The smallest absolute Gasteiger partial charge is 0.225 e. The van der Waals surface area contributed by atoms with E-state index in [2.05, 4.69) is 11.4 Å². The molecule has 0 radical (unpaired) electrons. The summed E-state index contributed by atoms with van der Waals surface area (Å²) in [4.78, 5) is 14.0. The number of benzene rings is 1. The summed E-state index contributed by atoms with van der Waals surface area (Å²) in [5.41, 5.74) is 1.09. The number of carbonyl (C=O) groups is 1. The maximum atomic E-state index is 12.0. The summed E-state index contributed by atoms with van der Waals surface area (Å²) < 4.78 is 5.23. The lowest BCUT2D eigenvalue weighted by Crippen LogP contribution is -2.43. The number of likely N-dealkylation sites (tertiary alicyclic amines) is 1. The molecule has 108 valence electrons. The van der Waals surface area contributed by atoms with E-state index < -0.39 is 0 Å². The number of nitrogens with one attached hydrogen (secondary N) is 1. The third-order valence-electron chi connectivity index (χ3n) is 4.17. The molecule has 1 aliphatic heterocycles. The minimum absolute atomic E-state index is 0.345. The van der Waals surface area contributed by atoms with Gasteiger partial charge in [-0.3, -0.25) is 4.79 Å². The Bertz CT molecular complexity index is 477. The van der Waals surface area contributed by atoms with Crippen LogP contribution in [0.3, 0.4) is 0 Å². The first-order valence-corrected chi connectivity index (χ1v) is 7.45. The van der Waals surface area contributed by atoms with Crippen LogP contribution in [0.2, 0.25) is 0 Å². The monoisotopic (exact) mass is 274 g/mol. The zero-order chi connectivity index (χ0) is 13.9. The molecule has 0 aromatic heterocycles. The Kier molecular flexibility index (Phi) is 3.81. The summed E-state index contributed by atoms with van der Waals surface area (Å²) in [6.07, 6.45) is 4.24. The molecule has 20 heavy (non-hydrogen) atoms. The third kappa shape index (κ3) is 3.06. The highest BCUT2D eigenvalue weighted by molar-refractivity contribution is 5.81. The minimum Gasteiger partial charge on any atom is -0.497 e. The van der Waals surface area contributed by atoms with E-state index in [1.165, 1.54) is 0 Å². The van der Waals surface area contributed by atoms with Crippen LogP contribution in [-0.2, 0) is 4.79 Å². The van der Waals surface area contributed by atoms with E-state index in [9.17, 15) is 4.79 Å². The molecule has 1 saturated heterocycles.